The van der Waals surface area contributed by atoms with E-state index in [4.69, 9.17) is 4.74 Å². The van der Waals surface area contributed by atoms with Gasteiger partial charge in [-0.3, -0.25) is 9.20 Å². The lowest BCUT2D eigenvalue weighted by Gasteiger charge is -2.40. The molecule has 1 aliphatic carbocycles. The van der Waals surface area contributed by atoms with Crippen molar-refractivity contribution in [2.24, 2.45) is 0 Å². The number of nitrogens with one attached hydrogen (secondary N) is 2. The van der Waals surface area contributed by atoms with Crippen molar-refractivity contribution in [2.45, 2.75) is 30.4 Å². The molecule has 1 amide bonds. The zero-order chi connectivity index (χ0) is 18.4. The van der Waals surface area contributed by atoms with E-state index in [2.05, 4.69) is 33.8 Å². The fourth-order valence-corrected chi connectivity index (χ4v) is 5.55. The van der Waals surface area contributed by atoms with Gasteiger partial charge in [0.2, 0.25) is 0 Å². The molecular formula is C20H23ClN4O2S. The Balaban J connectivity index is 0.00000192. The zero-order valence-electron chi connectivity index (χ0n) is 15.6. The normalized spacial score (nSPS) is 22.8. The third-order valence-electron chi connectivity index (χ3n) is 6.04. The maximum atomic E-state index is 13.0. The number of ether oxygens (including phenoxy) is 1. The van der Waals surface area contributed by atoms with E-state index in [1.165, 1.54) is 22.5 Å². The van der Waals surface area contributed by atoms with Crippen molar-refractivity contribution in [1.29, 1.82) is 0 Å². The van der Waals surface area contributed by atoms with Gasteiger partial charge in [-0.05, 0) is 37.1 Å². The highest BCUT2D eigenvalue weighted by Crippen LogP contribution is 2.51. The Morgan fingerprint density at radius 1 is 1.36 bits per heavy atom. The molecule has 1 saturated heterocycles. The van der Waals surface area contributed by atoms with Gasteiger partial charge in [0, 0.05) is 30.3 Å². The molecule has 28 heavy (non-hydrogen) atoms. The van der Waals surface area contributed by atoms with E-state index < -0.39 is 0 Å². The van der Waals surface area contributed by atoms with Gasteiger partial charge in [-0.1, -0.05) is 24.3 Å². The summed E-state index contributed by atoms with van der Waals surface area (Å²) in [5, 5.41) is 8.63. The Labute approximate surface area is 173 Å². The SMILES string of the molecule is CO[C@H]1[C@H](NC(=O)c2cn3ccsc3n2)c2ccccc2C12CCNCC2.Cl. The van der Waals surface area contributed by atoms with E-state index in [0.717, 1.165) is 30.9 Å². The summed E-state index contributed by atoms with van der Waals surface area (Å²) >= 11 is 1.52. The van der Waals surface area contributed by atoms with E-state index in [1.807, 2.05) is 22.0 Å². The number of fused-ring (bicyclic) bond motifs is 3. The molecule has 1 aromatic carbocycles. The summed E-state index contributed by atoms with van der Waals surface area (Å²) in [6.45, 7) is 1.93. The molecule has 2 aromatic heterocycles. The molecule has 2 N–H and O–H groups in total. The molecule has 0 saturated carbocycles. The van der Waals surface area contributed by atoms with Crippen LogP contribution in [0, 0.1) is 0 Å². The standard InChI is InChI=1S/C20H22N4O2S.ClH/c1-26-17-16(23-18(25)15-12-24-10-11-27-19(24)22-15)13-4-2-3-5-14(13)20(17)6-8-21-9-7-20;/h2-5,10-12,16-17,21H,6-9H2,1H3,(H,23,25);1H/t16-,17+;/m1./s1. The van der Waals surface area contributed by atoms with Gasteiger partial charge >= 0.3 is 0 Å². The van der Waals surface area contributed by atoms with Crippen LogP contribution in [0.3, 0.4) is 0 Å². The Kier molecular flexibility index (Phi) is 5.18. The van der Waals surface area contributed by atoms with Crippen LogP contribution in [0.2, 0.25) is 0 Å². The van der Waals surface area contributed by atoms with Crippen LogP contribution in [0.4, 0.5) is 0 Å². The van der Waals surface area contributed by atoms with Gasteiger partial charge in [0.25, 0.3) is 5.91 Å². The lowest BCUT2D eigenvalue weighted by Crippen LogP contribution is -2.49. The predicted octanol–water partition coefficient (Wildman–Crippen LogP) is 2.94. The number of aromatic nitrogens is 2. The number of hydrogen-bond donors (Lipinski definition) is 2. The Morgan fingerprint density at radius 3 is 2.89 bits per heavy atom. The highest BCUT2D eigenvalue weighted by molar-refractivity contribution is 7.15. The van der Waals surface area contributed by atoms with Gasteiger partial charge in [0.1, 0.15) is 5.69 Å². The molecule has 0 bridgehead atoms. The lowest BCUT2D eigenvalue weighted by molar-refractivity contribution is 0.00392. The first-order chi connectivity index (χ1) is 13.2. The van der Waals surface area contributed by atoms with Crippen LogP contribution < -0.4 is 10.6 Å². The van der Waals surface area contributed by atoms with E-state index in [1.54, 1.807) is 13.3 Å². The van der Waals surface area contributed by atoms with Crippen LogP contribution in [0.1, 0.15) is 40.5 Å². The summed E-state index contributed by atoms with van der Waals surface area (Å²) < 4.78 is 7.89. The van der Waals surface area contributed by atoms with E-state index >= 15 is 0 Å². The second-order valence-corrected chi connectivity index (χ2v) is 8.19. The van der Waals surface area contributed by atoms with Gasteiger partial charge in [-0.2, -0.15) is 0 Å². The van der Waals surface area contributed by atoms with E-state index in [0.29, 0.717) is 5.69 Å². The number of rotatable bonds is 3. The minimum absolute atomic E-state index is 0. The predicted molar refractivity (Wildman–Crippen MR) is 112 cm³/mol. The number of piperidine rings is 1. The van der Waals surface area contributed by atoms with Gasteiger partial charge < -0.3 is 15.4 Å². The largest absolute Gasteiger partial charge is 0.378 e. The van der Waals surface area contributed by atoms with Crippen molar-refractivity contribution >= 4 is 34.6 Å². The summed E-state index contributed by atoms with van der Waals surface area (Å²) in [4.78, 5) is 18.2. The van der Waals surface area contributed by atoms with E-state index in [9.17, 15) is 4.79 Å². The number of hydrogen-bond acceptors (Lipinski definition) is 5. The molecule has 0 unspecified atom stereocenters. The summed E-state index contributed by atoms with van der Waals surface area (Å²) in [6.07, 6.45) is 5.63. The van der Waals surface area contributed by atoms with Gasteiger partial charge in [-0.15, -0.1) is 23.7 Å². The number of halogens is 1. The second-order valence-electron chi connectivity index (χ2n) is 7.32. The van der Waals surface area contributed by atoms with Gasteiger partial charge in [-0.25, -0.2) is 4.98 Å². The van der Waals surface area contributed by atoms with Crippen molar-refractivity contribution in [3.8, 4) is 0 Å². The summed E-state index contributed by atoms with van der Waals surface area (Å²) in [7, 11) is 1.76. The van der Waals surface area contributed by atoms with E-state index in [-0.39, 0.29) is 35.9 Å². The maximum absolute atomic E-state index is 13.0. The number of thiazole rings is 1. The molecule has 1 aliphatic heterocycles. The Morgan fingerprint density at radius 2 is 2.14 bits per heavy atom. The monoisotopic (exact) mass is 418 g/mol. The molecule has 3 aromatic rings. The first-order valence-corrected chi connectivity index (χ1v) is 10.2. The van der Waals surface area contributed by atoms with Crippen LogP contribution in [0.15, 0.2) is 42.0 Å². The summed E-state index contributed by atoms with van der Waals surface area (Å²) in [6, 6.07) is 8.28. The number of benzene rings is 1. The van der Waals surface area contributed by atoms with Gasteiger partial charge in [0.15, 0.2) is 4.96 Å². The molecule has 5 rings (SSSR count). The fourth-order valence-electron chi connectivity index (χ4n) is 4.85. The highest BCUT2D eigenvalue weighted by Gasteiger charge is 2.53. The number of carbonyl (C=O) groups excluding carboxylic acids is 1. The number of imidazole rings is 1. The number of carbonyl (C=O) groups is 1. The van der Waals surface area contributed by atoms with Crippen molar-refractivity contribution in [3.63, 3.8) is 0 Å². The third-order valence-corrected chi connectivity index (χ3v) is 6.81. The molecule has 0 radical (unpaired) electrons. The first kappa shape index (κ1) is 19.4. The smallest absolute Gasteiger partial charge is 0.272 e. The van der Waals surface area contributed by atoms with Crippen LogP contribution in [-0.4, -0.2) is 41.6 Å². The van der Waals surface area contributed by atoms with Crippen molar-refractivity contribution in [2.75, 3.05) is 20.2 Å². The van der Waals surface area contributed by atoms with Crippen molar-refractivity contribution < 1.29 is 9.53 Å². The molecular weight excluding hydrogens is 396 g/mol. The maximum Gasteiger partial charge on any atom is 0.272 e. The average Bonchev–Trinajstić information content (AvgIpc) is 3.36. The van der Waals surface area contributed by atoms with Crippen molar-refractivity contribution in [3.05, 3.63) is 58.9 Å². The third kappa shape index (κ3) is 2.85. The molecule has 1 fully saturated rings. The summed E-state index contributed by atoms with van der Waals surface area (Å²) in [5.41, 5.74) is 2.87. The number of nitrogens with zero attached hydrogens (tertiary/aromatic N) is 2. The number of methoxy groups -OCH3 is 1. The molecule has 2 atom stereocenters. The van der Waals surface area contributed by atoms with Crippen LogP contribution in [0.5, 0.6) is 0 Å². The zero-order valence-corrected chi connectivity index (χ0v) is 17.2. The van der Waals surface area contributed by atoms with Crippen LogP contribution >= 0.6 is 23.7 Å². The summed E-state index contributed by atoms with van der Waals surface area (Å²) in [5.74, 6) is -0.154. The average molecular weight is 419 g/mol. The minimum Gasteiger partial charge on any atom is -0.378 e. The molecule has 2 aliphatic rings. The molecule has 148 valence electrons. The highest BCUT2D eigenvalue weighted by atomic mass is 35.5. The van der Waals surface area contributed by atoms with Crippen LogP contribution in [0.25, 0.3) is 4.96 Å². The molecule has 8 heteroatoms. The fraction of sp³-hybridized carbons (Fsp3) is 0.400. The van der Waals surface area contributed by atoms with Crippen molar-refractivity contribution in [1.82, 2.24) is 20.0 Å². The quantitative estimate of drug-likeness (QED) is 0.686. The lowest BCUT2D eigenvalue weighted by atomic mass is 9.72. The topological polar surface area (TPSA) is 67.7 Å². The molecule has 3 heterocycles. The second kappa shape index (κ2) is 7.48. The molecule has 6 nitrogen and oxygen atoms in total. The Bertz CT molecular complexity index is 966. The first-order valence-electron chi connectivity index (χ1n) is 9.29. The number of amides is 1. The molecule has 1 spiro atoms. The Hall–Kier alpha value is -1.93. The minimum atomic E-state index is -0.170. The van der Waals surface area contributed by atoms with Gasteiger partial charge in [0.05, 0.1) is 12.1 Å². The van der Waals surface area contributed by atoms with Crippen LogP contribution in [-0.2, 0) is 10.2 Å².